The first kappa shape index (κ1) is 13.7. The Balaban J connectivity index is 2.04. The van der Waals surface area contributed by atoms with Crippen LogP contribution in [-0.2, 0) is 4.79 Å². The number of carbonyl (C=O) groups is 1. The fourth-order valence-corrected chi connectivity index (χ4v) is 1.73. The fraction of sp³-hybridized carbons (Fsp3) is 0.0588. The van der Waals surface area contributed by atoms with Crippen molar-refractivity contribution in [3.63, 3.8) is 0 Å². The molecule has 0 radical (unpaired) electrons. The SMILES string of the molecule is C/C=C/C=C/C(=O)Nc1ccc(-c2ccncc2)cc1. The van der Waals surface area contributed by atoms with Crippen LogP contribution in [0, 0.1) is 0 Å². The summed E-state index contributed by atoms with van der Waals surface area (Å²) in [5.41, 5.74) is 2.97. The molecule has 2 rings (SSSR count). The van der Waals surface area contributed by atoms with Crippen molar-refractivity contribution in [2.45, 2.75) is 6.92 Å². The van der Waals surface area contributed by atoms with E-state index in [1.807, 2.05) is 55.5 Å². The van der Waals surface area contributed by atoms with Crippen LogP contribution in [0.3, 0.4) is 0 Å². The van der Waals surface area contributed by atoms with Crippen molar-refractivity contribution >= 4 is 11.6 Å². The maximum Gasteiger partial charge on any atom is 0.248 e. The predicted octanol–water partition coefficient (Wildman–Crippen LogP) is 3.82. The van der Waals surface area contributed by atoms with Crippen molar-refractivity contribution in [3.8, 4) is 11.1 Å². The van der Waals surface area contributed by atoms with Gasteiger partial charge in [0.2, 0.25) is 5.91 Å². The average Bonchev–Trinajstić information content (AvgIpc) is 2.49. The molecule has 0 aliphatic carbocycles. The Bertz CT molecular complexity index is 613. The molecule has 0 aliphatic rings. The molecule has 0 atom stereocenters. The number of pyridine rings is 1. The van der Waals surface area contributed by atoms with E-state index in [-0.39, 0.29) is 5.91 Å². The van der Waals surface area contributed by atoms with E-state index in [0.29, 0.717) is 0 Å². The second kappa shape index (κ2) is 7.04. The third kappa shape index (κ3) is 3.92. The van der Waals surface area contributed by atoms with Gasteiger partial charge in [0.05, 0.1) is 0 Å². The molecule has 0 unspecified atom stereocenters. The van der Waals surface area contributed by atoms with E-state index in [4.69, 9.17) is 0 Å². The van der Waals surface area contributed by atoms with Gasteiger partial charge in [-0.15, -0.1) is 0 Å². The van der Waals surface area contributed by atoms with E-state index >= 15 is 0 Å². The molecular formula is C17H16N2O. The highest BCUT2D eigenvalue weighted by Gasteiger charge is 1.99. The molecule has 1 aromatic carbocycles. The minimum Gasteiger partial charge on any atom is -0.323 e. The van der Waals surface area contributed by atoms with Crippen molar-refractivity contribution < 1.29 is 4.79 Å². The Labute approximate surface area is 118 Å². The Kier molecular flexibility index (Phi) is 4.84. The van der Waals surface area contributed by atoms with Gasteiger partial charge in [-0.05, 0) is 42.3 Å². The van der Waals surface area contributed by atoms with Crippen molar-refractivity contribution in [1.29, 1.82) is 0 Å². The van der Waals surface area contributed by atoms with Crippen LogP contribution >= 0.6 is 0 Å². The first-order chi connectivity index (χ1) is 9.79. The maximum absolute atomic E-state index is 11.6. The van der Waals surface area contributed by atoms with E-state index in [2.05, 4.69) is 10.3 Å². The van der Waals surface area contributed by atoms with Gasteiger partial charge < -0.3 is 5.32 Å². The molecule has 1 N–H and O–H groups in total. The topological polar surface area (TPSA) is 42.0 Å². The van der Waals surface area contributed by atoms with Gasteiger partial charge in [0.1, 0.15) is 0 Å². The summed E-state index contributed by atoms with van der Waals surface area (Å²) in [7, 11) is 0. The molecule has 20 heavy (non-hydrogen) atoms. The molecule has 1 amide bonds. The highest BCUT2D eigenvalue weighted by atomic mass is 16.1. The Morgan fingerprint density at radius 2 is 1.65 bits per heavy atom. The molecular weight excluding hydrogens is 248 g/mol. The number of aromatic nitrogens is 1. The quantitative estimate of drug-likeness (QED) is 0.673. The molecule has 0 spiro atoms. The van der Waals surface area contributed by atoms with Gasteiger partial charge >= 0.3 is 0 Å². The number of benzene rings is 1. The highest BCUT2D eigenvalue weighted by molar-refractivity contribution is 5.99. The molecule has 3 heteroatoms. The van der Waals surface area contributed by atoms with E-state index in [9.17, 15) is 4.79 Å². The first-order valence-electron chi connectivity index (χ1n) is 6.40. The lowest BCUT2D eigenvalue weighted by Crippen LogP contribution is -2.07. The Morgan fingerprint density at radius 1 is 1.00 bits per heavy atom. The van der Waals surface area contributed by atoms with Crippen LogP contribution in [-0.4, -0.2) is 10.9 Å². The van der Waals surface area contributed by atoms with Gasteiger partial charge in [-0.25, -0.2) is 0 Å². The van der Waals surface area contributed by atoms with Crippen LogP contribution in [0.25, 0.3) is 11.1 Å². The van der Waals surface area contributed by atoms with Crippen molar-refractivity contribution in [3.05, 3.63) is 73.1 Å². The average molecular weight is 264 g/mol. The summed E-state index contributed by atoms with van der Waals surface area (Å²) >= 11 is 0. The van der Waals surface area contributed by atoms with E-state index in [0.717, 1.165) is 16.8 Å². The number of anilines is 1. The number of hydrogen-bond donors (Lipinski definition) is 1. The minimum atomic E-state index is -0.139. The Hall–Kier alpha value is -2.68. The Morgan fingerprint density at radius 3 is 2.30 bits per heavy atom. The standard InChI is InChI=1S/C17H16N2O/c1-2-3-4-5-17(20)19-16-8-6-14(7-9-16)15-10-12-18-13-11-15/h2-13H,1H3,(H,19,20)/b3-2+,5-4+. The molecule has 0 aliphatic heterocycles. The summed E-state index contributed by atoms with van der Waals surface area (Å²) in [6.07, 6.45) is 10.4. The summed E-state index contributed by atoms with van der Waals surface area (Å²) in [5.74, 6) is -0.139. The normalized spacial score (nSPS) is 11.1. The molecule has 2 aromatic rings. The minimum absolute atomic E-state index is 0.139. The second-order valence-electron chi connectivity index (χ2n) is 4.19. The molecule has 100 valence electrons. The molecule has 0 saturated heterocycles. The predicted molar refractivity (Wildman–Crippen MR) is 82.3 cm³/mol. The van der Waals surface area contributed by atoms with Gasteiger partial charge in [-0.2, -0.15) is 0 Å². The lowest BCUT2D eigenvalue weighted by molar-refractivity contribution is -0.111. The molecule has 0 bridgehead atoms. The lowest BCUT2D eigenvalue weighted by Gasteiger charge is -2.04. The number of nitrogens with one attached hydrogen (secondary N) is 1. The monoisotopic (exact) mass is 264 g/mol. The van der Waals surface area contributed by atoms with Gasteiger partial charge in [0.25, 0.3) is 0 Å². The number of rotatable bonds is 4. The van der Waals surface area contributed by atoms with Crippen LogP contribution in [0.15, 0.2) is 73.1 Å². The van der Waals surface area contributed by atoms with Crippen LogP contribution in [0.5, 0.6) is 0 Å². The fourth-order valence-electron chi connectivity index (χ4n) is 1.73. The molecule has 1 aromatic heterocycles. The summed E-state index contributed by atoms with van der Waals surface area (Å²) in [5, 5.41) is 2.81. The molecule has 3 nitrogen and oxygen atoms in total. The largest absolute Gasteiger partial charge is 0.323 e. The smallest absolute Gasteiger partial charge is 0.248 e. The zero-order valence-electron chi connectivity index (χ0n) is 11.3. The number of amides is 1. The zero-order valence-corrected chi connectivity index (χ0v) is 11.3. The van der Waals surface area contributed by atoms with Gasteiger partial charge in [-0.1, -0.05) is 30.4 Å². The van der Waals surface area contributed by atoms with E-state index < -0.39 is 0 Å². The summed E-state index contributed by atoms with van der Waals surface area (Å²) in [6, 6.07) is 11.6. The first-order valence-corrected chi connectivity index (χ1v) is 6.40. The zero-order chi connectivity index (χ0) is 14.2. The summed E-state index contributed by atoms with van der Waals surface area (Å²) < 4.78 is 0. The van der Waals surface area contributed by atoms with Gasteiger partial charge in [0, 0.05) is 24.2 Å². The van der Waals surface area contributed by atoms with E-state index in [1.54, 1.807) is 18.5 Å². The molecule has 1 heterocycles. The van der Waals surface area contributed by atoms with Gasteiger partial charge in [-0.3, -0.25) is 9.78 Å². The van der Waals surface area contributed by atoms with Crippen molar-refractivity contribution in [2.24, 2.45) is 0 Å². The summed E-state index contributed by atoms with van der Waals surface area (Å²) in [4.78, 5) is 15.6. The van der Waals surface area contributed by atoms with Crippen LogP contribution in [0.2, 0.25) is 0 Å². The number of hydrogen-bond acceptors (Lipinski definition) is 2. The number of nitrogens with zero attached hydrogens (tertiary/aromatic N) is 1. The van der Waals surface area contributed by atoms with Crippen molar-refractivity contribution in [1.82, 2.24) is 4.98 Å². The van der Waals surface area contributed by atoms with E-state index in [1.165, 1.54) is 6.08 Å². The van der Waals surface area contributed by atoms with Gasteiger partial charge in [0.15, 0.2) is 0 Å². The maximum atomic E-state index is 11.6. The van der Waals surface area contributed by atoms with Crippen LogP contribution < -0.4 is 5.32 Å². The van der Waals surface area contributed by atoms with Crippen LogP contribution in [0.1, 0.15) is 6.92 Å². The lowest BCUT2D eigenvalue weighted by atomic mass is 10.1. The molecule has 0 saturated carbocycles. The number of carbonyl (C=O) groups excluding carboxylic acids is 1. The van der Waals surface area contributed by atoms with Crippen LogP contribution in [0.4, 0.5) is 5.69 Å². The third-order valence-corrected chi connectivity index (χ3v) is 2.72. The molecule has 0 fully saturated rings. The summed E-state index contributed by atoms with van der Waals surface area (Å²) in [6.45, 7) is 1.90. The number of allylic oxidation sites excluding steroid dienone is 3. The second-order valence-corrected chi connectivity index (χ2v) is 4.19. The highest BCUT2D eigenvalue weighted by Crippen LogP contribution is 2.20. The third-order valence-electron chi connectivity index (χ3n) is 2.72. The van der Waals surface area contributed by atoms with Crippen molar-refractivity contribution in [2.75, 3.05) is 5.32 Å².